The van der Waals surface area contributed by atoms with Gasteiger partial charge in [-0.3, -0.25) is 4.79 Å². The van der Waals surface area contributed by atoms with Gasteiger partial charge >= 0.3 is 0 Å². The SMILES string of the molecule is CC(C)c1ccc(C#N)c(SCCC(=O)Nc2ccc(S(=O)(=O)Nc3ncccn3)cc2)n1. The van der Waals surface area contributed by atoms with Crippen molar-refractivity contribution in [1.82, 2.24) is 15.0 Å². The van der Waals surface area contributed by atoms with E-state index in [1.165, 1.54) is 48.4 Å². The summed E-state index contributed by atoms with van der Waals surface area (Å²) in [6, 6.07) is 13.1. The molecule has 0 fully saturated rings. The molecule has 0 aliphatic rings. The van der Waals surface area contributed by atoms with Gasteiger partial charge in [0.15, 0.2) is 0 Å². The Bertz CT molecular complexity index is 1260. The third kappa shape index (κ3) is 6.74. The Balaban J connectivity index is 1.55. The monoisotopic (exact) mass is 482 g/mol. The molecule has 0 saturated heterocycles. The highest BCUT2D eigenvalue weighted by Gasteiger charge is 2.16. The lowest BCUT2D eigenvalue weighted by Crippen LogP contribution is -2.15. The fourth-order valence-corrected chi connectivity index (χ4v) is 4.56. The van der Waals surface area contributed by atoms with Crippen LogP contribution in [0.5, 0.6) is 0 Å². The number of pyridine rings is 1. The van der Waals surface area contributed by atoms with E-state index in [0.29, 0.717) is 22.0 Å². The van der Waals surface area contributed by atoms with Crippen LogP contribution in [0.4, 0.5) is 11.6 Å². The minimum absolute atomic E-state index is 0.0173. The van der Waals surface area contributed by atoms with Crippen molar-refractivity contribution in [3.63, 3.8) is 0 Å². The summed E-state index contributed by atoms with van der Waals surface area (Å²) in [4.78, 5) is 24.5. The summed E-state index contributed by atoms with van der Waals surface area (Å²) < 4.78 is 27.1. The zero-order valence-corrected chi connectivity index (χ0v) is 19.7. The van der Waals surface area contributed by atoms with Crippen molar-refractivity contribution in [2.24, 2.45) is 0 Å². The molecule has 0 aliphatic carbocycles. The van der Waals surface area contributed by atoms with Crippen LogP contribution < -0.4 is 10.0 Å². The van der Waals surface area contributed by atoms with E-state index in [0.717, 1.165) is 5.69 Å². The predicted octanol–water partition coefficient (Wildman–Crippen LogP) is 3.79. The van der Waals surface area contributed by atoms with Crippen LogP contribution >= 0.6 is 11.8 Å². The van der Waals surface area contributed by atoms with Crippen LogP contribution in [0.3, 0.4) is 0 Å². The second-order valence-corrected chi connectivity index (χ2v) is 9.97. The number of nitrogens with one attached hydrogen (secondary N) is 2. The number of nitriles is 1. The second kappa shape index (κ2) is 10.9. The van der Waals surface area contributed by atoms with E-state index in [1.54, 1.807) is 12.1 Å². The highest BCUT2D eigenvalue weighted by atomic mass is 32.2. The molecule has 0 bridgehead atoms. The van der Waals surface area contributed by atoms with Crippen LogP contribution in [-0.4, -0.2) is 35.0 Å². The first kappa shape index (κ1) is 24.2. The van der Waals surface area contributed by atoms with Gasteiger partial charge in [-0.25, -0.2) is 28.1 Å². The molecule has 2 N–H and O–H groups in total. The quantitative estimate of drug-likeness (QED) is 0.439. The summed E-state index contributed by atoms with van der Waals surface area (Å²) in [5, 5.41) is 12.6. The summed E-state index contributed by atoms with van der Waals surface area (Å²) in [5.41, 5.74) is 1.85. The van der Waals surface area contributed by atoms with Gasteiger partial charge in [-0.2, -0.15) is 5.26 Å². The number of sulfonamides is 1. The Labute approximate surface area is 196 Å². The molecular formula is C22H22N6O3S2. The summed E-state index contributed by atoms with van der Waals surface area (Å²) in [6.07, 6.45) is 3.07. The van der Waals surface area contributed by atoms with Gasteiger partial charge in [-0.15, -0.1) is 11.8 Å². The summed E-state index contributed by atoms with van der Waals surface area (Å²) in [6.45, 7) is 4.05. The zero-order chi connectivity index (χ0) is 23.8. The topological polar surface area (TPSA) is 138 Å². The van der Waals surface area contributed by atoms with Crippen LogP contribution in [0, 0.1) is 11.3 Å². The lowest BCUT2D eigenvalue weighted by atomic mass is 10.1. The molecule has 170 valence electrons. The molecule has 2 heterocycles. The van der Waals surface area contributed by atoms with Gasteiger partial charge in [0, 0.05) is 35.9 Å². The number of benzene rings is 1. The maximum atomic E-state index is 12.4. The second-order valence-electron chi connectivity index (χ2n) is 7.20. The number of thioether (sulfide) groups is 1. The standard InChI is InChI=1S/C22H22N6O3S2/c1-15(2)19-9-4-16(14-23)21(27-19)32-13-10-20(29)26-17-5-7-18(8-6-17)33(30,31)28-22-24-11-3-12-25-22/h3-9,11-12,15H,10,13H2,1-2H3,(H,26,29)(H,24,25,28). The number of aromatic nitrogens is 3. The van der Waals surface area contributed by atoms with E-state index in [9.17, 15) is 18.5 Å². The molecule has 2 aromatic heterocycles. The average Bonchev–Trinajstić information content (AvgIpc) is 2.79. The summed E-state index contributed by atoms with van der Waals surface area (Å²) in [7, 11) is -3.84. The zero-order valence-electron chi connectivity index (χ0n) is 18.0. The van der Waals surface area contributed by atoms with E-state index in [2.05, 4.69) is 31.1 Å². The van der Waals surface area contributed by atoms with E-state index >= 15 is 0 Å². The van der Waals surface area contributed by atoms with Crippen LogP contribution in [0.25, 0.3) is 0 Å². The van der Waals surface area contributed by atoms with Gasteiger partial charge in [0.2, 0.25) is 11.9 Å². The molecule has 3 aromatic rings. The Hall–Kier alpha value is -3.49. The minimum Gasteiger partial charge on any atom is -0.326 e. The minimum atomic E-state index is -3.84. The number of hydrogen-bond acceptors (Lipinski definition) is 8. The third-order valence-electron chi connectivity index (χ3n) is 4.40. The van der Waals surface area contributed by atoms with Crippen molar-refractivity contribution in [2.45, 2.75) is 36.1 Å². The summed E-state index contributed by atoms with van der Waals surface area (Å²) >= 11 is 1.35. The van der Waals surface area contributed by atoms with Gasteiger partial charge in [-0.1, -0.05) is 13.8 Å². The molecule has 1 aromatic carbocycles. The van der Waals surface area contributed by atoms with Gasteiger partial charge in [0.25, 0.3) is 10.0 Å². The van der Waals surface area contributed by atoms with E-state index < -0.39 is 10.0 Å². The number of anilines is 2. The highest BCUT2D eigenvalue weighted by Crippen LogP contribution is 2.24. The fraction of sp³-hybridized carbons (Fsp3) is 0.227. The van der Waals surface area contributed by atoms with Crippen molar-refractivity contribution in [3.05, 3.63) is 66.1 Å². The molecule has 11 heteroatoms. The number of hydrogen-bond donors (Lipinski definition) is 2. The maximum Gasteiger partial charge on any atom is 0.264 e. The molecular weight excluding hydrogens is 460 g/mol. The lowest BCUT2D eigenvalue weighted by Gasteiger charge is -2.10. The molecule has 0 radical (unpaired) electrons. The summed E-state index contributed by atoms with van der Waals surface area (Å²) in [5.74, 6) is 0.429. The van der Waals surface area contributed by atoms with Crippen LogP contribution in [0.15, 0.2) is 64.8 Å². The van der Waals surface area contributed by atoms with Crippen molar-refractivity contribution in [3.8, 4) is 6.07 Å². The van der Waals surface area contributed by atoms with Crippen molar-refractivity contribution >= 4 is 39.3 Å². The van der Waals surface area contributed by atoms with E-state index in [4.69, 9.17) is 0 Å². The smallest absolute Gasteiger partial charge is 0.264 e. The molecule has 3 rings (SSSR count). The van der Waals surface area contributed by atoms with Crippen molar-refractivity contribution in [2.75, 3.05) is 15.8 Å². The molecule has 0 unspecified atom stereocenters. The highest BCUT2D eigenvalue weighted by molar-refractivity contribution is 7.99. The molecule has 0 spiro atoms. The van der Waals surface area contributed by atoms with Gasteiger partial charge in [0.1, 0.15) is 11.1 Å². The molecule has 33 heavy (non-hydrogen) atoms. The van der Waals surface area contributed by atoms with Crippen molar-refractivity contribution in [1.29, 1.82) is 5.26 Å². The lowest BCUT2D eigenvalue weighted by molar-refractivity contribution is -0.115. The molecule has 0 saturated carbocycles. The molecule has 1 amide bonds. The Morgan fingerprint density at radius 2 is 1.82 bits per heavy atom. The number of amides is 1. The normalized spacial score (nSPS) is 11.1. The van der Waals surface area contributed by atoms with Gasteiger partial charge < -0.3 is 5.32 Å². The van der Waals surface area contributed by atoms with Gasteiger partial charge in [0.05, 0.1) is 10.5 Å². The first-order valence-corrected chi connectivity index (χ1v) is 12.5. The fourth-order valence-electron chi connectivity index (χ4n) is 2.68. The number of rotatable bonds is 9. The van der Waals surface area contributed by atoms with Crippen molar-refractivity contribution < 1.29 is 13.2 Å². The molecule has 9 nitrogen and oxygen atoms in total. The first-order chi connectivity index (χ1) is 15.8. The average molecular weight is 483 g/mol. The largest absolute Gasteiger partial charge is 0.326 e. The third-order valence-corrected chi connectivity index (χ3v) is 6.74. The Morgan fingerprint density at radius 1 is 1.12 bits per heavy atom. The van der Waals surface area contributed by atoms with Crippen LogP contribution in [0.1, 0.15) is 37.4 Å². The van der Waals surface area contributed by atoms with Gasteiger partial charge in [-0.05, 0) is 48.4 Å². The van der Waals surface area contributed by atoms with Crippen LogP contribution in [-0.2, 0) is 14.8 Å². The molecule has 0 atom stereocenters. The van der Waals surface area contributed by atoms with E-state index in [1.807, 2.05) is 19.9 Å². The Morgan fingerprint density at radius 3 is 2.45 bits per heavy atom. The number of nitrogens with zero attached hydrogens (tertiary/aromatic N) is 4. The molecule has 0 aliphatic heterocycles. The Kier molecular flexibility index (Phi) is 7.97. The number of carbonyl (C=O) groups is 1. The van der Waals surface area contributed by atoms with E-state index in [-0.39, 0.29) is 29.1 Å². The predicted molar refractivity (Wildman–Crippen MR) is 126 cm³/mol. The number of carbonyl (C=O) groups excluding carboxylic acids is 1. The maximum absolute atomic E-state index is 12.4. The van der Waals surface area contributed by atoms with Crippen LogP contribution in [0.2, 0.25) is 0 Å². The first-order valence-electron chi connectivity index (χ1n) is 10.0.